The molecule has 166 valence electrons. The van der Waals surface area contributed by atoms with Gasteiger partial charge in [-0.1, -0.05) is 43.7 Å². The first kappa shape index (κ1) is 22.9. The molecule has 2 unspecified atom stereocenters. The van der Waals surface area contributed by atoms with Gasteiger partial charge in [-0.2, -0.15) is 0 Å². The number of pyridine rings is 1. The van der Waals surface area contributed by atoms with Crippen LogP contribution in [-0.4, -0.2) is 40.8 Å². The van der Waals surface area contributed by atoms with Crippen LogP contribution in [0.4, 0.5) is 5.82 Å². The first-order chi connectivity index (χ1) is 15.0. The number of likely N-dealkylation sites (tertiary alicyclic amines) is 1. The maximum atomic E-state index is 12.9. The van der Waals surface area contributed by atoms with Gasteiger partial charge >= 0.3 is 0 Å². The Morgan fingerprint density at radius 3 is 2.52 bits per heavy atom. The number of piperidine rings is 1. The number of carbonyl (C=O) groups excluding carboxylic acids is 2. The predicted molar refractivity (Wildman–Crippen MR) is 124 cm³/mol. The molecule has 1 fully saturated rings. The van der Waals surface area contributed by atoms with Crippen molar-refractivity contribution in [1.82, 2.24) is 15.2 Å². The number of nitrogens with one attached hydrogen (secondary N) is 2. The second kappa shape index (κ2) is 11.0. The Balaban J connectivity index is 1.51. The zero-order chi connectivity index (χ0) is 22.2. The van der Waals surface area contributed by atoms with Crippen molar-refractivity contribution in [3.63, 3.8) is 0 Å². The molecule has 2 aromatic rings. The van der Waals surface area contributed by atoms with Crippen molar-refractivity contribution < 1.29 is 9.59 Å². The van der Waals surface area contributed by atoms with Gasteiger partial charge in [0.2, 0.25) is 11.8 Å². The van der Waals surface area contributed by atoms with E-state index in [4.69, 9.17) is 0 Å². The third-order valence-corrected chi connectivity index (χ3v) is 6.09. The maximum absolute atomic E-state index is 12.9. The number of benzene rings is 1. The van der Waals surface area contributed by atoms with Gasteiger partial charge in [-0.25, -0.2) is 4.98 Å². The number of nitrogens with zero attached hydrogens (tertiary/aromatic N) is 2. The van der Waals surface area contributed by atoms with Crippen molar-refractivity contribution in [2.75, 3.05) is 18.4 Å². The zero-order valence-electron chi connectivity index (χ0n) is 18.8. The second-order valence-electron chi connectivity index (χ2n) is 8.45. The summed E-state index contributed by atoms with van der Waals surface area (Å²) in [5.41, 5.74) is 2.21. The van der Waals surface area contributed by atoms with E-state index in [0.29, 0.717) is 5.82 Å². The van der Waals surface area contributed by atoms with Gasteiger partial charge in [0, 0.05) is 12.1 Å². The van der Waals surface area contributed by atoms with E-state index in [1.54, 1.807) is 6.20 Å². The second-order valence-corrected chi connectivity index (χ2v) is 8.45. The third kappa shape index (κ3) is 6.37. The molecule has 2 atom stereocenters. The van der Waals surface area contributed by atoms with E-state index in [1.807, 2.05) is 44.2 Å². The summed E-state index contributed by atoms with van der Waals surface area (Å²) in [6.07, 6.45) is 5.11. The summed E-state index contributed by atoms with van der Waals surface area (Å²) >= 11 is 0. The molecule has 2 heterocycles. The smallest absolute Gasteiger partial charge is 0.237 e. The molecule has 0 saturated carbocycles. The zero-order valence-corrected chi connectivity index (χ0v) is 18.8. The van der Waals surface area contributed by atoms with Gasteiger partial charge in [-0.15, -0.1) is 0 Å². The summed E-state index contributed by atoms with van der Waals surface area (Å²) in [5, 5.41) is 6.16. The molecule has 1 aliphatic rings. The van der Waals surface area contributed by atoms with Crippen LogP contribution in [-0.2, 0) is 9.59 Å². The van der Waals surface area contributed by atoms with Crippen molar-refractivity contribution in [2.45, 2.75) is 58.5 Å². The molecule has 31 heavy (non-hydrogen) atoms. The van der Waals surface area contributed by atoms with Gasteiger partial charge < -0.3 is 10.6 Å². The minimum atomic E-state index is -0.217. The fraction of sp³-hybridized carbons (Fsp3) is 0.480. The number of aryl methyl sites for hydroxylation is 1. The SMILES string of the molecule is CCCC(NC(=O)C(C)N1CCC(C(=O)Nc2cc(C)ccn2)CC1)c1ccccc1. The van der Waals surface area contributed by atoms with E-state index < -0.39 is 0 Å². The van der Waals surface area contributed by atoms with E-state index in [0.717, 1.165) is 49.9 Å². The number of aromatic nitrogens is 1. The summed E-state index contributed by atoms with van der Waals surface area (Å²) in [6.45, 7) is 7.54. The monoisotopic (exact) mass is 422 g/mol. The highest BCUT2D eigenvalue weighted by Gasteiger charge is 2.30. The average Bonchev–Trinajstić information content (AvgIpc) is 2.79. The van der Waals surface area contributed by atoms with Crippen LogP contribution in [0.2, 0.25) is 0 Å². The van der Waals surface area contributed by atoms with Crippen LogP contribution in [0.25, 0.3) is 0 Å². The van der Waals surface area contributed by atoms with Gasteiger partial charge in [0.05, 0.1) is 12.1 Å². The molecule has 6 heteroatoms. The van der Waals surface area contributed by atoms with Crippen molar-refractivity contribution in [3.8, 4) is 0 Å². The number of amides is 2. The molecule has 2 amide bonds. The van der Waals surface area contributed by atoms with Crippen molar-refractivity contribution >= 4 is 17.6 Å². The lowest BCUT2D eigenvalue weighted by Gasteiger charge is -2.35. The number of rotatable bonds is 8. The van der Waals surface area contributed by atoms with Crippen molar-refractivity contribution in [3.05, 3.63) is 59.8 Å². The van der Waals surface area contributed by atoms with Crippen LogP contribution < -0.4 is 10.6 Å². The van der Waals surface area contributed by atoms with Crippen LogP contribution >= 0.6 is 0 Å². The molecule has 1 aromatic carbocycles. The first-order valence-corrected chi connectivity index (χ1v) is 11.3. The Morgan fingerprint density at radius 2 is 1.87 bits per heavy atom. The van der Waals surface area contributed by atoms with E-state index >= 15 is 0 Å². The summed E-state index contributed by atoms with van der Waals surface area (Å²) in [4.78, 5) is 32.0. The van der Waals surface area contributed by atoms with Gasteiger partial charge in [-0.05, 0) is 69.5 Å². The van der Waals surface area contributed by atoms with Crippen molar-refractivity contribution in [1.29, 1.82) is 0 Å². The molecule has 0 bridgehead atoms. The third-order valence-electron chi connectivity index (χ3n) is 6.09. The minimum absolute atomic E-state index is 0.0157. The Morgan fingerprint density at radius 1 is 1.16 bits per heavy atom. The molecule has 0 aliphatic carbocycles. The van der Waals surface area contributed by atoms with Crippen LogP contribution in [0.15, 0.2) is 48.7 Å². The highest BCUT2D eigenvalue weighted by molar-refractivity contribution is 5.91. The highest BCUT2D eigenvalue weighted by Crippen LogP contribution is 2.22. The van der Waals surface area contributed by atoms with Crippen LogP contribution in [0.3, 0.4) is 0 Å². The minimum Gasteiger partial charge on any atom is -0.348 e. The molecule has 1 aliphatic heterocycles. The van der Waals surface area contributed by atoms with Crippen molar-refractivity contribution in [2.24, 2.45) is 5.92 Å². The number of hydrogen-bond acceptors (Lipinski definition) is 4. The number of anilines is 1. The average molecular weight is 423 g/mol. The largest absolute Gasteiger partial charge is 0.348 e. The van der Waals surface area contributed by atoms with Crippen LogP contribution in [0, 0.1) is 12.8 Å². The molecule has 1 saturated heterocycles. The molecule has 3 rings (SSSR count). The molecule has 1 aromatic heterocycles. The Kier molecular flexibility index (Phi) is 8.18. The maximum Gasteiger partial charge on any atom is 0.237 e. The normalized spacial score (nSPS) is 17.0. The van der Waals surface area contributed by atoms with E-state index in [1.165, 1.54) is 0 Å². The first-order valence-electron chi connectivity index (χ1n) is 11.3. The summed E-state index contributed by atoms with van der Waals surface area (Å²) in [6, 6.07) is 13.7. The molecular formula is C25H34N4O2. The van der Waals surface area contributed by atoms with Gasteiger partial charge in [0.1, 0.15) is 5.82 Å². The fourth-order valence-corrected chi connectivity index (χ4v) is 4.14. The lowest BCUT2D eigenvalue weighted by Crippen LogP contribution is -2.50. The Hall–Kier alpha value is -2.73. The van der Waals surface area contributed by atoms with Gasteiger partial charge in [0.25, 0.3) is 0 Å². The molecule has 6 nitrogen and oxygen atoms in total. The quantitative estimate of drug-likeness (QED) is 0.672. The summed E-state index contributed by atoms with van der Waals surface area (Å²) in [5.74, 6) is 0.616. The molecule has 2 N–H and O–H groups in total. The van der Waals surface area contributed by atoms with E-state index in [9.17, 15) is 9.59 Å². The Bertz CT molecular complexity index is 863. The Labute approximate surface area is 185 Å². The number of hydrogen-bond donors (Lipinski definition) is 2. The highest BCUT2D eigenvalue weighted by atomic mass is 16.2. The lowest BCUT2D eigenvalue weighted by atomic mass is 9.94. The van der Waals surface area contributed by atoms with E-state index in [-0.39, 0.29) is 29.8 Å². The van der Waals surface area contributed by atoms with Crippen LogP contribution in [0.1, 0.15) is 56.7 Å². The fourth-order valence-electron chi connectivity index (χ4n) is 4.14. The molecule has 0 radical (unpaired) electrons. The molecule has 0 spiro atoms. The van der Waals surface area contributed by atoms with E-state index in [2.05, 4.69) is 39.6 Å². The lowest BCUT2D eigenvalue weighted by molar-refractivity contribution is -0.127. The predicted octanol–water partition coefficient (Wildman–Crippen LogP) is 4.09. The summed E-state index contributed by atoms with van der Waals surface area (Å²) in [7, 11) is 0. The summed E-state index contributed by atoms with van der Waals surface area (Å²) < 4.78 is 0. The van der Waals surface area contributed by atoms with Gasteiger partial charge in [0.15, 0.2) is 0 Å². The topological polar surface area (TPSA) is 74.3 Å². The van der Waals surface area contributed by atoms with Crippen LogP contribution in [0.5, 0.6) is 0 Å². The standard InChI is InChI=1S/C25H34N4O2/c1-4-8-22(20-9-6-5-7-10-20)27-24(30)19(3)29-15-12-21(13-16-29)25(31)28-23-17-18(2)11-14-26-23/h5-7,9-11,14,17,19,21-22H,4,8,12-13,15-16H2,1-3H3,(H,27,30)(H,26,28,31). The van der Waals surface area contributed by atoms with Gasteiger partial charge in [-0.3, -0.25) is 14.5 Å². The molecular weight excluding hydrogens is 388 g/mol. The number of carbonyl (C=O) groups is 2.